The summed E-state index contributed by atoms with van der Waals surface area (Å²) in [5.74, 6) is 0. The summed E-state index contributed by atoms with van der Waals surface area (Å²) in [6.45, 7) is 7.56. The Hall–Kier alpha value is -0.850. The largest absolute Gasteiger partial charge is 0.381 e. The molecule has 3 rings (SSSR count). The first-order valence-corrected chi connectivity index (χ1v) is 9.78. The average molecular weight is 339 g/mol. The minimum atomic E-state index is 0.0948. The van der Waals surface area contributed by atoms with E-state index in [9.17, 15) is 4.79 Å². The van der Waals surface area contributed by atoms with Crippen LogP contribution in [0.4, 0.5) is 4.79 Å². The fourth-order valence-electron chi connectivity index (χ4n) is 3.89. The second kappa shape index (κ2) is 9.59. The van der Waals surface area contributed by atoms with Gasteiger partial charge in [0.1, 0.15) is 0 Å². The number of rotatable bonds is 5. The molecule has 0 aromatic carbocycles. The molecular weight excluding hydrogens is 306 g/mol. The van der Waals surface area contributed by atoms with Crippen LogP contribution in [0.15, 0.2) is 0 Å². The van der Waals surface area contributed by atoms with E-state index in [1.54, 1.807) is 0 Å². The van der Waals surface area contributed by atoms with Crippen molar-refractivity contribution in [3.05, 3.63) is 0 Å². The number of urea groups is 1. The molecule has 3 fully saturated rings. The van der Waals surface area contributed by atoms with Gasteiger partial charge in [0.05, 0.1) is 12.7 Å². The molecule has 0 spiro atoms. The fourth-order valence-corrected chi connectivity index (χ4v) is 3.89. The first kappa shape index (κ1) is 18.0. The van der Waals surface area contributed by atoms with Gasteiger partial charge in [-0.05, 0) is 58.0 Å². The Bertz CT molecular complexity index is 372. The number of piperidine rings is 1. The third-order valence-electron chi connectivity index (χ3n) is 5.47. The Kier molecular flexibility index (Phi) is 7.17. The second-order valence-electron chi connectivity index (χ2n) is 7.30. The van der Waals surface area contributed by atoms with Gasteiger partial charge in [0.2, 0.25) is 0 Å². The molecule has 0 aliphatic carbocycles. The molecule has 3 aliphatic heterocycles. The standard InChI is InChI=1S/C18H33N3O3/c22-18(19-16-4-3-13-23-14-7-16)21-10-5-17(6-11-21)24-15-12-20-8-1-2-9-20/h16-17H,1-15H2,(H,19,22). The van der Waals surface area contributed by atoms with Crippen LogP contribution in [0.5, 0.6) is 0 Å². The topological polar surface area (TPSA) is 54.0 Å². The van der Waals surface area contributed by atoms with Gasteiger partial charge < -0.3 is 24.6 Å². The van der Waals surface area contributed by atoms with E-state index in [1.807, 2.05) is 4.90 Å². The van der Waals surface area contributed by atoms with Gasteiger partial charge in [-0.3, -0.25) is 0 Å². The Balaban J connectivity index is 1.29. The highest BCUT2D eigenvalue weighted by molar-refractivity contribution is 5.74. The van der Waals surface area contributed by atoms with E-state index >= 15 is 0 Å². The van der Waals surface area contributed by atoms with Crippen LogP contribution in [0.2, 0.25) is 0 Å². The van der Waals surface area contributed by atoms with Gasteiger partial charge in [-0.25, -0.2) is 4.79 Å². The number of carbonyl (C=O) groups excluding carboxylic acids is 1. The Morgan fingerprint density at radius 1 is 1.00 bits per heavy atom. The summed E-state index contributed by atoms with van der Waals surface area (Å²) in [5, 5.41) is 3.18. The fraction of sp³-hybridized carbons (Fsp3) is 0.944. The highest BCUT2D eigenvalue weighted by atomic mass is 16.5. The molecule has 2 amide bonds. The smallest absolute Gasteiger partial charge is 0.317 e. The zero-order valence-corrected chi connectivity index (χ0v) is 14.9. The predicted molar refractivity (Wildman–Crippen MR) is 93.2 cm³/mol. The Morgan fingerprint density at radius 2 is 1.79 bits per heavy atom. The molecule has 6 heteroatoms. The summed E-state index contributed by atoms with van der Waals surface area (Å²) in [7, 11) is 0. The number of nitrogens with one attached hydrogen (secondary N) is 1. The molecule has 0 radical (unpaired) electrons. The molecule has 0 aromatic heterocycles. The van der Waals surface area contributed by atoms with Crippen molar-refractivity contribution in [1.29, 1.82) is 0 Å². The lowest BCUT2D eigenvalue weighted by Gasteiger charge is -2.33. The maximum atomic E-state index is 12.4. The van der Waals surface area contributed by atoms with Gasteiger partial charge in [-0.1, -0.05) is 0 Å². The number of likely N-dealkylation sites (tertiary alicyclic amines) is 2. The monoisotopic (exact) mass is 339 g/mol. The molecular formula is C18H33N3O3. The van der Waals surface area contributed by atoms with Crippen molar-refractivity contribution in [2.45, 2.75) is 57.1 Å². The summed E-state index contributed by atoms with van der Waals surface area (Å²) >= 11 is 0. The van der Waals surface area contributed by atoms with Crippen molar-refractivity contribution in [1.82, 2.24) is 15.1 Å². The molecule has 1 N–H and O–H groups in total. The molecule has 0 bridgehead atoms. The highest BCUT2D eigenvalue weighted by Crippen LogP contribution is 2.15. The number of hydrogen-bond acceptors (Lipinski definition) is 4. The third-order valence-corrected chi connectivity index (χ3v) is 5.47. The van der Waals surface area contributed by atoms with Crippen LogP contribution < -0.4 is 5.32 Å². The highest BCUT2D eigenvalue weighted by Gasteiger charge is 2.25. The van der Waals surface area contributed by atoms with E-state index in [4.69, 9.17) is 9.47 Å². The average Bonchev–Trinajstić information content (AvgIpc) is 2.99. The minimum Gasteiger partial charge on any atom is -0.381 e. The Labute approximate surface area is 145 Å². The lowest BCUT2D eigenvalue weighted by Crippen LogP contribution is -2.49. The number of ether oxygens (including phenoxy) is 2. The van der Waals surface area contributed by atoms with Crippen molar-refractivity contribution in [3.63, 3.8) is 0 Å². The first-order chi connectivity index (χ1) is 11.8. The van der Waals surface area contributed by atoms with E-state index in [0.717, 1.165) is 71.6 Å². The summed E-state index contributed by atoms with van der Waals surface area (Å²) in [6.07, 6.45) is 7.91. The van der Waals surface area contributed by atoms with Gasteiger partial charge in [0, 0.05) is 38.9 Å². The number of hydrogen-bond donors (Lipinski definition) is 1. The van der Waals surface area contributed by atoms with Gasteiger partial charge in [-0.15, -0.1) is 0 Å². The molecule has 3 heterocycles. The van der Waals surface area contributed by atoms with Gasteiger partial charge in [0.25, 0.3) is 0 Å². The van der Waals surface area contributed by atoms with Crippen molar-refractivity contribution in [2.75, 3.05) is 52.5 Å². The Morgan fingerprint density at radius 3 is 2.58 bits per heavy atom. The van der Waals surface area contributed by atoms with Crippen LogP contribution in [0.1, 0.15) is 44.9 Å². The zero-order valence-electron chi connectivity index (χ0n) is 14.9. The SMILES string of the molecule is O=C(NC1CCCOCC1)N1CCC(OCCN2CCCC2)CC1. The quantitative estimate of drug-likeness (QED) is 0.830. The molecule has 1 atom stereocenters. The van der Waals surface area contributed by atoms with E-state index in [-0.39, 0.29) is 12.1 Å². The van der Waals surface area contributed by atoms with E-state index in [0.29, 0.717) is 6.10 Å². The molecule has 3 aliphatic rings. The molecule has 1 unspecified atom stereocenters. The van der Waals surface area contributed by atoms with Crippen LogP contribution in [0, 0.1) is 0 Å². The maximum absolute atomic E-state index is 12.4. The van der Waals surface area contributed by atoms with Crippen molar-refractivity contribution < 1.29 is 14.3 Å². The molecule has 6 nitrogen and oxygen atoms in total. The van der Waals surface area contributed by atoms with Crippen LogP contribution in [0.3, 0.4) is 0 Å². The van der Waals surface area contributed by atoms with Gasteiger partial charge >= 0.3 is 6.03 Å². The molecule has 3 saturated heterocycles. The number of nitrogens with zero attached hydrogens (tertiary/aromatic N) is 2. The number of amides is 2. The van der Waals surface area contributed by atoms with E-state index in [2.05, 4.69) is 10.2 Å². The van der Waals surface area contributed by atoms with Crippen molar-refractivity contribution in [3.8, 4) is 0 Å². The van der Waals surface area contributed by atoms with Gasteiger partial charge in [-0.2, -0.15) is 0 Å². The van der Waals surface area contributed by atoms with Gasteiger partial charge in [0.15, 0.2) is 0 Å². The third kappa shape index (κ3) is 5.60. The summed E-state index contributed by atoms with van der Waals surface area (Å²) in [4.78, 5) is 16.8. The van der Waals surface area contributed by atoms with Crippen molar-refractivity contribution in [2.24, 2.45) is 0 Å². The molecule has 138 valence electrons. The molecule has 24 heavy (non-hydrogen) atoms. The van der Waals surface area contributed by atoms with Crippen LogP contribution in [-0.4, -0.2) is 80.5 Å². The van der Waals surface area contributed by atoms with E-state index < -0.39 is 0 Å². The zero-order chi connectivity index (χ0) is 16.6. The lowest BCUT2D eigenvalue weighted by atomic mass is 10.1. The first-order valence-electron chi connectivity index (χ1n) is 9.78. The maximum Gasteiger partial charge on any atom is 0.317 e. The van der Waals surface area contributed by atoms with Crippen molar-refractivity contribution >= 4 is 6.03 Å². The lowest BCUT2D eigenvalue weighted by molar-refractivity contribution is 0.00675. The molecule has 0 aromatic rings. The predicted octanol–water partition coefficient (Wildman–Crippen LogP) is 1.84. The van der Waals surface area contributed by atoms with Crippen LogP contribution >= 0.6 is 0 Å². The van der Waals surface area contributed by atoms with Crippen LogP contribution in [-0.2, 0) is 9.47 Å². The second-order valence-corrected chi connectivity index (χ2v) is 7.30. The minimum absolute atomic E-state index is 0.0948. The summed E-state index contributed by atoms with van der Waals surface area (Å²) in [5.41, 5.74) is 0. The van der Waals surface area contributed by atoms with Crippen LogP contribution in [0.25, 0.3) is 0 Å². The summed E-state index contributed by atoms with van der Waals surface area (Å²) in [6, 6.07) is 0.367. The normalized spacial score (nSPS) is 27.2. The molecule has 0 saturated carbocycles. The van der Waals surface area contributed by atoms with E-state index in [1.165, 1.54) is 25.9 Å². The number of carbonyl (C=O) groups is 1. The summed E-state index contributed by atoms with van der Waals surface area (Å²) < 4.78 is 11.5.